The lowest BCUT2D eigenvalue weighted by Crippen LogP contribution is -2.52. The minimum absolute atomic E-state index is 0.187. The highest BCUT2D eigenvalue weighted by molar-refractivity contribution is 6.05. The molecule has 1 aromatic heterocycles. The lowest BCUT2D eigenvalue weighted by Gasteiger charge is -2.39. The van der Waals surface area contributed by atoms with Crippen LogP contribution in [0.1, 0.15) is 71.8 Å². The van der Waals surface area contributed by atoms with E-state index in [0.717, 1.165) is 63.6 Å². The van der Waals surface area contributed by atoms with E-state index in [9.17, 15) is 19.5 Å². The number of phenols is 1. The molecular formula is C44H48N6O4. The topological polar surface area (TPSA) is 109 Å². The zero-order valence-corrected chi connectivity index (χ0v) is 30.9. The van der Waals surface area contributed by atoms with Crippen molar-refractivity contribution in [3.8, 4) is 5.75 Å². The van der Waals surface area contributed by atoms with Crippen molar-refractivity contribution in [3.05, 3.63) is 119 Å². The van der Waals surface area contributed by atoms with Gasteiger partial charge in [0.15, 0.2) is 0 Å². The predicted octanol–water partition coefficient (Wildman–Crippen LogP) is 5.96. The second-order valence-electron chi connectivity index (χ2n) is 14.9. The summed E-state index contributed by atoms with van der Waals surface area (Å²) < 4.78 is 0. The molecule has 3 saturated heterocycles. The third-order valence-corrected chi connectivity index (χ3v) is 11.6. The maximum absolute atomic E-state index is 13.1. The predicted molar refractivity (Wildman–Crippen MR) is 211 cm³/mol. The number of rotatable bonds is 9. The number of fused-ring (bicyclic) bond motifs is 1. The van der Waals surface area contributed by atoms with Crippen molar-refractivity contribution in [2.24, 2.45) is 5.92 Å². The Labute approximate surface area is 317 Å². The van der Waals surface area contributed by atoms with E-state index >= 15 is 0 Å². The van der Waals surface area contributed by atoms with Crippen LogP contribution in [0.3, 0.4) is 0 Å². The summed E-state index contributed by atoms with van der Waals surface area (Å²) in [4.78, 5) is 51.0. The highest BCUT2D eigenvalue weighted by Gasteiger charge is 2.40. The molecular weight excluding hydrogens is 677 g/mol. The largest absolute Gasteiger partial charge is 0.508 e. The van der Waals surface area contributed by atoms with Crippen molar-refractivity contribution < 1.29 is 19.5 Å². The number of aromatic nitrogens is 1. The molecule has 3 aromatic carbocycles. The first kappa shape index (κ1) is 35.5. The fourth-order valence-corrected chi connectivity index (χ4v) is 8.65. The van der Waals surface area contributed by atoms with Gasteiger partial charge in [-0.2, -0.15) is 0 Å². The van der Waals surface area contributed by atoms with Crippen LogP contribution in [0.5, 0.6) is 5.75 Å². The molecule has 0 bridgehead atoms. The molecule has 3 fully saturated rings. The molecule has 5 heterocycles. The highest BCUT2D eigenvalue weighted by Crippen LogP contribution is 2.36. The number of allylic oxidation sites excluding steroid dienone is 1. The van der Waals surface area contributed by atoms with Crippen LogP contribution < -0.4 is 15.1 Å². The zero-order valence-electron chi connectivity index (χ0n) is 30.9. The number of amides is 3. The smallest absolute Gasteiger partial charge is 0.256 e. The molecule has 278 valence electrons. The molecule has 0 spiro atoms. The monoisotopic (exact) mass is 724 g/mol. The lowest BCUT2D eigenvalue weighted by atomic mass is 9.88. The summed E-state index contributed by atoms with van der Waals surface area (Å²) in [7, 11) is 0. The average Bonchev–Trinajstić information content (AvgIpc) is 3.53. The van der Waals surface area contributed by atoms with E-state index in [1.165, 1.54) is 40.8 Å². The summed E-state index contributed by atoms with van der Waals surface area (Å²) in [6.45, 7) is 9.40. The number of phenolic OH excluding ortho intramolecular Hbond substituents is 1. The number of imide groups is 1. The first-order valence-electron chi connectivity index (χ1n) is 19.4. The quantitative estimate of drug-likeness (QED) is 0.161. The molecule has 0 aliphatic carbocycles. The number of piperazine rings is 1. The number of hydrogen-bond acceptors (Lipinski definition) is 8. The molecule has 4 aromatic rings. The van der Waals surface area contributed by atoms with Crippen molar-refractivity contribution in [2.45, 2.75) is 51.6 Å². The van der Waals surface area contributed by atoms with Gasteiger partial charge in [0.05, 0.1) is 17.8 Å². The van der Waals surface area contributed by atoms with E-state index in [2.05, 4.69) is 81.5 Å². The molecule has 4 aliphatic rings. The Morgan fingerprint density at radius 2 is 1.44 bits per heavy atom. The Hall–Kier alpha value is -5.48. The Balaban J connectivity index is 0.851. The number of aromatic hydroxyl groups is 1. The van der Waals surface area contributed by atoms with E-state index in [-0.39, 0.29) is 24.0 Å². The Morgan fingerprint density at radius 3 is 2.11 bits per heavy atom. The number of pyridine rings is 1. The van der Waals surface area contributed by atoms with Crippen LogP contribution in [-0.4, -0.2) is 89.5 Å². The van der Waals surface area contributed by atoms with E-state index in [4.69, 9.17) is 4.98 Å². The van der Waals surface area contributed by atoms with E-state index < -0.39 is 11.9 Å². The molecule has 8 rings (SSSR count). The van der Waals surface area contributed by atoms with Gasteiger partial charge in [0.25, 0.3) is 5.91 Å². The third kappa shape index (κ3) is 7.35. The molecule has 10 nitrogen and oxygen atoms in total. The van der Waals surface area contributed by atoms with Crippen LogP contribution in [0, 0.1) is 5.92 Å². The van der Waals surface area contributed by atoms with Gasteiger partial charge >= 0.3 is 0 Å². The molecule has 0 saturated carbocycles. The van der Waals surface area contributed by atoms with Crippen LogP contribution in [0.15, 0.2) is 91.0 Å². The number of carbonyl (C=O) groups is 3. The summed E-state index contributed by atoms with van der Waals surface area (Å²) in [6.07, 6.45) is 3.81. The Kier molecular flexibility index (Phi) is 10.2. The number of benzene rings is 3. The number of hydrogen-bond donors (Lipinski definition) is 2. The van der Waals surface area contributed by atoms with Crippen molar-refractivity contribution >= 4 is 40.4 Å². The number of carbonyl (C=O) groups excluding carboxylic acids is 3. The van der Waals surface area contributed by atoms with Crippen LogP contribution in [-0.2, 0) is 16.1 Å². The summed E-state index contributed by atoms with van der Waals surface area (Å²) in [5.41, 5.74) is 8.50. The minimum atomic E-state index is -0.629. The van der Waals surface area contributed by atoms with Crippen molar-refractivity contribution in [3.63, 3.8) is 0 Å². The highest BCUT2D eigenvalue weighted by atomic mass is 16.3. The fraction of sp³-hybridized carbons (Fsp3) is 0.364. The molecule has 54 heavy (non-hydrogen) atoms. The maximum atomic E-state index is 13.1. The van der Waals surface area contributed by atoms with Crippen molar-refractivity contribution in [1.82, 2.24) is 20.1 Å². The molecule has 10 heteroatoms. The van der Waals surface area contributed by atoms with Gasteiger partial charge in [0, 0.05) is 57.9 Å². The third-order valence-electron chi connectivity index (χ3n) is 11.6. The maximum Gasteiger partial charge on any atom is 0.256 e. The van der Waals surface area contributed by atoms with Gasteiger partial charge in [-0.3, -0.25) is 24.6 Å². The first-order valence-corrected chi connectivity index (χ1v) is 19.4. The SMILES string of the molecule is CC/C(=C(\c1ccc(O)cc1)c1ccc(N2CCC(CN3CCN(c4ccc5c(n4)CN(C4CCC(=O)NC4=O)C5=O)CC3)CC2)cc1)c1ccccc1. The number of anilines is 2. The molecule has 2 N–H and O–H groups in total. The van der Waals surface area contributed by atoms with Gasteiger partial charge in [-0.1, -0.05) is 61.5 Å². The number of nitrogens with one attached hydrogen (secondary N) is 1. The number of piperidine rings is 2. The zero-order chi connectivity index (χ0) is 37.2. The van der Waals surface area contributed by atoms with E-state index in [1.54, 1.807) is 17.0 Å². The average molecular weight is 725 g/mol. The van der Waals surface area contributed by atoms with Gasteiger partial charge in [-0.25, -0.2) is 4.98 Å². The van der Waals surface area contributed by atoms with Crippen LogP contribution in [0.4, 0.5) is 11.5 Å². The summed E-state index contributed by atoms with van der Waals surface area (Å²) in [5, 5.41) is 12.4. The van der Waals surface area contributed by atoms with E-state index in [1.807, 2.05) is 24.3 Å². The molecule has 1 unspecified atom stereocenters. The van der Waals surface area contributed by atoms with E-state index in [0.29, 0.717) is 30.1 Å². The van der Waals surface area contributed by atoms with Gasteiger partial charge < -0.3 is 19.8 Å². The second-order valence-corrected chi connectivity index (χ2v) is 14.9. The molecule has 1 atom stereocenters. The second kappa shape index (κ2) is 15.5. The normalized spacial score (nSPS) is 20.2. The van der Waals surface area contributed by atoms with Crippen LogP contribution in [0.25, 0.3) is 11.1 Å². The minimum Gasteiger partial charge on any atom is -0.508 e. The fourth-order valence-electron chi connectivity index (χ4n) is 8.65. The Bertz CT molecular complexity index is 2030. The standard InChI is InChI=1S/C44H48N6O4/c1-2-36(31-6-4-3-5-7-31)42(33-10-14-35(51)15-11-33)32-8-12-34(13-9-32)48-22-20-30(21-23-48)28-47-24-26-49(27-25-47)40-18-16-37-38(45-40)29-50(44(37)54)39-17-19-41(52)46-43(39)53/h3-16,18,30,39,51H,2,17,19-29H2,1H3,(H,46,52,53)/b42-36+. The van der Waals surface area contributed by atoms with Crippen LogP contribution >= 0.6 is 0 Å². The molecule has 3 amide bonds. The summed E-state index contributed by atoms with van der Waals surface area (Å²) >= 11 is 0. The van der Waals surface area contributed by atoms with Crippen LogP contribution in [0.2, 0.25) is 0 Å². The summed E-state index contributed by atoms with van der Waals surface area (Å²) in [6, 6.07) is 30.3. The molecule has 4 aliphatic heterocycles. The molecule has 0 radical (unpaired) electrons. The first-order chi connectivity index (χ1) is 26.3. The van der Waals surface area contributed by atoms with Crippen molar-refractivity contribution in [1.29, 1.82) is 0 Å². The van der Waals surface area contributed by atoms with Gasteiger partial charge in [0.2, 0.25) is 11.8 Å². The number of nitrogens with zero attached hydrogens (tertiary/aromatic N) is 5. The van der Waals surface area contributed by atoms with Crippen molar-refractivity contribution in [2.75, 3.05) is 55.6 Å². The summed E-state index contributed by atoms with van der Waals surface area (Å²) in [5.74, 6) is 0.938. The Morgan fingerprint density at radius 1 is 0.759 bits per heavy atom. The van der Waals surface area contributed by atoms with Gasteiger partial charge in [0.1, 0.15) is 17.6 Å². The lowest BCUT2D eigenvalue weighted by molar-refractivity contribution is -0.136. The van der Waals surface area contributed by atoms with Gasteiger partial charge in [-0.05, 0) is 95.8 Å². The van der Waals surface area contributed by atoms with Gasteiger partial charge in [-0.15, -0.1) is 0 Å².